The smallest absolute Gasteiger partial charge is 0.118 e. The summed E-state index contributed by atoms with van der Waals surface area (Å²) < 4.78 is 5.16. The first-order valence-corrected chi connectivity index (χ1v) is 7.69. The number of benzene rings is 2. The highest BCUT2D eigenvalue weighted by molar-refractivity contribution is 5.36. The van der Waals surface area contributed by atoms with E-state index in [-0.39, 0.29) is 0 Å². The second-order valence-electron chi connectivity index (χ2n) is 5.80. The van der Waals surface area contributed by atoms with E-state index in [1.807, 2.05) is 24.3 Å². The van der Waals surface area contributed by atoms with Crippen LogP contribution in [0.15, 0.2) is 42.5 Å². The number of aliphatic hydroxyl groups is 1. The van der Waals surface area contributed by atoms with Gasteiger partial charge < -0.3 is 9.84 Å². The molecule has 0 fully saturated rings. The van der Waals surface area contributed by atoms with Crippen molar-refractivity contribution in [3.63, 3.8) is 0 Å². The Morgan fingerprint density at radius 1 is 1.00 bits per heavy atom. The molecule has 0 saturated heterocycles. The number of rotatable bonds is 4. The lowest BCUT2D eigenvalue weighted by atomic mass is 9.89. The first kappa shape index (κ1) is 14.2. The average Bonchev–Trinajstić information content (AvgIpc) is 2.55. The summed E-state index contributed by atoms with van der Waals surface area (Å²) in [7, 11) is 1.66. The topological polar surface area (TPSA) is 29.5 Å². The Kier molecular flexibility index (Phi) is 4.26. The summed E-state index contributed by atoms with van der Waals surface area (Å²) >= 11 is 0. The summed E-state index contributed by atoms with van der Waals surface area (Å²) in [5, 5.41) is 10.5. The van der Waals surface area contributed by atoms with Crippen molar-refractivity contribution in [1.29, 1.82) is 0 Å². The zero-order valence-electron chi connectivity index (χ0n) is 12.5. The Balaban J connectivity index is 1.73. The van der Waals surface area contributed by atoms with Crippen LogP contribution in [0.1, 0.15) is 41.2 Å². The van der Waals surface area contributed by atoms with Crippen LogP contribution in [-0.4, -0.2) is 12.2 Å². The zero-order chi connectivity index (χ0) is 14.7. The molecule has 0 spiro atoms. The number of hydrogen-bond acceptors (Lipinski definition) is 2. The number of methoxy groups -OCH3 is 1. The Morgan fingerprint density at radius 3 is 2.43 bits per heavy atom. The molecular weight excluding hydrogens is 260 g/mol. The molecule has 21 heavy (non-hydrogen) atoms. The highest BCUT2D eigenvalue weighted by atomic mass is 16.5. The number of fused-ring (bicyclic) bond motifs is 1. The highest BCUT2D eigenvalue weighted by Gasteiger charge is 2.14. The highest BCUT2D eigenvalue weighted by Crippen LogP contribution is 2.26. The molecule has 1 unspecified atom stereocenters. The SMILES string of the molecule is COc1ccc(CC(O)c2ccc3c(c2)CCCC3)cc1. The lowest BCUT2D eigenvalue weighted by Crippen LogP contribution is -2.07. The maximum Gasteiger partial charge on any atom is 0.118 e. The van der Waals surface area contributed by atoms with Gasteiger partial charge in [-0.3, -0.25) is 0 Å². The Labute approximate surface area is 126 Å². The van der Waals surface area contributed by atoms with Crippen molar-refractivity contribution in [2.45, 2.75) is 38.2 Å². The maximum atomic E-state index is 10.5. The van der Waals surface area contributed by atoms with Gasteiger partial charge in [0.15, 0.2) is 0 Å². The minimum atomic E-state index is -0.439. The third-order valence-electron chi connectivity index (χ3n) is 4.35. The van der Waals surface area contributed by atoms with Gasteiger partial charge in [0.05, 0.1) is 13.2 Å². The quantitative estimate of drug-likeness (QED) is 0.923. The normalized spacial score (nSPS) is 15.3. The first-order valence-electron chi connectivity index (χ1n) is 7.69. The van der Waals surface area contributed by atoms with Gasteiger partial charge in [0.25, 0.3) is 0 Å². The molecule has 2 aromatic rings. The lowest BCUT2D eigenvalue weighted by molar-refractivity contribution is 0.178. The van der Waals surface area contributed by atoms with E-state index in [0.29, 0.717) is 6.42 Å². The summed E-state index contributed by atoms with van der Waals surface area (Å²) in [6.45, 7) is 0. The van der Waals surface area contributed by atoms with Crippen LogP contribution in [0.25, 0.3) is 0 Å². The third-order valence-corrected chi connectivity index (χ3v) is 4.35. The van der Waals surface area contributed by atoms with Gasteiger partial charge in [-0.2, -0.15) is 0 Å². The second-order valence-corrected chi connectivity index (χ2v) is 5.80. The van der Waals surface area contributed by atoms with E-state index in [9.17, 15) is 5.11 Å². The minimum absolute atomic E-state index is 0.439. The van der Waals surface area contributed by atoms with Crippen LogP contribution >= 0.6 is 0 Å². The number of aryl methyl sites for hydroxylation is 2. The fraction of sp³-hybridized carbons (Fsp3) is 0.368. The summed E-state index contributed by atoms with van der Waals surface area (Å²) in [6, 6.07) is 14.4. The van der Waals surface area contributed by atoms with E-state index >= 15 is 0 Å². The van der Waals surface area contributed by atoms with Crippen molar-refractivity contribution in [1.82, 2.24) is 0 Å². The molecule has 1 aliphatic carbocycles. The third kappa shape index (κ3) is 3.27. The fourth-order valence-corrected chi connectivity index (χ4v) is 3.06. The molecular formula is C19H22O2. The molecule has 0 aromatic heterocycles. The molecule has 2 nitrogen and oxygen atoms in total. The molecule has 1 atom stereocenters. The predicted molar refractivity (Wildman–Crippen MR) is 84.7 cm³/mol. The molecule has 110 valence electrons. The standard InChI is InChI=1S/C19H22O2/c1-21-18-10-6-14(7-11-18)12-19(20)17-9-8-15-4-2-3-5-16(15)13-17/h6-11,13,19-20H,2-5,12H2,1H3. The Hall–Kier alpha value is -1.80. The summed E-state index contributed by atoms with van der Waals surface area (Å²) in [5.74, 6) is 0.849. The maximum absolute atomic E-state index is 10.5. The van der Waals surface area contributed by atoms with Crippen LogP contribution in [-0.2, 0) is 19.3 Å². The molecule has 0 heterocycles. The summed E-state index contributed by atoms with van der Waals surface area (Å²) in [5.41, 5.74) is 5.04. The Bertz CT molecular complexity index is 601. The van der Waals surface area contributed by atoms with Crippen molar-refractivity contribution < 1.29 is 9.84 Å². The van der Waals surface area contributed by atoms with Gasteiger partial charge in [0.2, 0.25) is 0 Å². The van der Waals surface area contributed by atoms with E-state index in [2.05, 4.69) is 18.2 Å². The van der Waals surface area contributed by atoms with Gasteiger partial charge in [0, 0.05) is 6.42 Å². The van der Waals surface area contributed by atoms with E-state index in [4.69, 9.17) is 4.74 Å². The molecule has 0 aliphatic heterocycles. The lowest BCUT2D eigenvalue weighted by Gasteiger charge is -2.19. The number of aliphatic hydroxyl groups excluding tert-OH is 1. The zero-order valence-corrected chi connectivity index (χ0v) is 12.5. The predicted octanol–water partition coefficient (Wildman–Crippen LogP) is 3.85. The van der Waals surface area contributed by atoms with Crippen molar-refractivity contribution in [3.8, 4) is 5.75 Å². The van der Waals surface area contributed by atoms with Gasteiger partial charge in [-0.1, -0.05) is 30.3 Å². The first-order chi connectivity index (χ1) is 10.3. The molecule has 2 aromatic carbocycles. The summed E-state index contributed by atoms with van der Waals surface area (Å²) in [4.78, 5) is 0. The average molecular weight is 282 g/mol. The molecule has 1 N–H and O–H groups in total. The van der Waals surface area contributed by atoms with E-state index in [1.165, 1.54) is 30.4 Å². The van der Waals surface area contributed by atoms with Crippen LogP contribution in [0.5, 0.6) is 5.75 Å². The number of hydrogen-bond donors (Lipinski definition) is 1. The molecule has 1 aliphatic rings. The van der Waals surface area contributed by atoms with Gasteiger partial charge >= 0.3 is 0 Å². The van der Waals surface area contributed by atoms with Crippen LogP contribution in [0, 0.1) is 0 Å². The molecule has 0 amide bonds. The monoisotopic (exact) mass is 282 g/mol. The fourth-order valence-electron chi connectivity index (χ4n) is 3.06. The van der Waals surface area contributed by atoms with Gasteiger partial charge in [-0.05, 0) is 60.1 Å². The van der Waals surface area contributed by atoms with Gasteiger partial charge in [-0.15, -0.1) is 0 Å². The minimum Gasteiger partial charge on any atom is -0.497 e. The molecule has 2 heteroatoms. The number of ether oxygens (including phenoxy) is 1. The van der Waals surface area contributed by atoms with E-state index in [0.717, 1.165) is 23.3 Å². The van der Waals surface area contributed by atoms with Crippen LogP contribution in [0.2, 0.25) is 0 Å². The van der Waals surface area contributed by atoms with Gasteiger partial charge in [-0.25, -0.2) is 0 Å². The van der Waals surface area contributed by atoms with Gasteiger partial charge in [0.1, 0.15) is 5.75 Å². The van der Waals surface area contributed by atoms with Crippen molar-refractivity contribution >= 4 is 0 Å². The van der Waals surface area contributed by atoms with Crippen molar-refractivity contribution in [2.75, 3.05) is 7.11 Å². The Morgan fingerprint density at radius 2 is 1.71 bits per heavy atom. The molecule has 0 saturated carbocycles. The van der Waals surface area contributed by atoms with Crippen molar-refractivity contribution in [2.24, 2.45) is 0 Å². The van der Waals surface area contributed by atoms with Crippen LogP contribution in [0.3, 0.4) is 0 Å². The van der Waals surface area contributed by atoms with Crippen molar-refractivity contribution in [3.05, 3.63) is 64.7 Å². The second kappa shape index (κ2) is 6.31. The molecule has 0 bridgehead atoms. The molecule has 3 rings (SSSR count). The van der Waals surface area contributed by atoms with Crippen LogP contribution in [0.4, 0.5) is 0 Å². The van der Waals surface area contributed by atoms with Crippen LogP contribution < -0.4 is 4.74 Å². The van der Waals surface area contributed by atoms with E-state index < -0.39 is 6.10 Å². The largest absolute Gasteiger partial charge is 0.497 e. The van der Waals surface area contributed by atoms with E-state index in [1.54, 1.807) is 7.11 Å². The summed E-state index contributed by atoms with van der Waals surface area (Å²) in [6.07, 6.45) is 5.10. The molecule has 0 radical (unpaired) electrons.